The molecule has 1 aromatic heterocycles. The lowest BCUT2D eigenvalue weighted by molar-refractivity contribution is 0.0953. The first kappa shape index (κ1) is 16.5. The van der Waals surface area contributed by atoms with Crippen molar-refractivity contribution in [3.63, 3.8) is 0 Å². The number of aryl methyl sites for hydroxylation is 1. The van der Waals surface area contributed by atoms with Gasteiger partial charge in [-0.25, -0.2) is 4.98 Å². The summed E-state index contributed by atoms with van der Waals surface area (Å²) in [7, 11) is 2.12. The average molecular weight is 292 g/mol. The average Bonchev–Trinajstić information content (AvgIpc) is 2.85. The van der Waals surface area contributed by atoms with Crippen LogP contribution in [0, 0.1) is 17.3 Å². The summed E-state index contributed by atoms with van der Waals surface area (Å²) >= 11 is 0. The van der Waals surface area contributed by atoms with Crippen LogP contribution in [-0.2, 0) is 13.0 Å². The zero-order valence-corrected chi connectivity index (χ0v) is 14.4. The van der Waals surface area contributed by atoms with Crippen molar-refractivity contribution in [2.45, 2.75) is 72.4 Å². The first-order valence-corrected chi connectivity index (χ1v) is 8.52. The van der Waals surface area contributed by atoms with Crippen molar-refractivity contribution in [3.8, 4) is 0 Å². The molecule has 0 bridgehead atoms. The topological polar surface area (TPSA) is 42.7 Å². The first-order valence-electron chi connectivity index (χ1n) is 8.52. The monoisotopic (exact) mass is 292 g/mol. The molecule has 2 rings (SSSR count). The predicted octanol–water partition coefficient (Wildman–Crippen LogP) is 3.28. The molecule has 1 N–H and O–H groups in total. The summed E-state index contributed by atoms with van der Waals surface area (Å²) in [5.41, 5.74) is 0.256. The van der Waals surface area contributed by atoms with E-state index in [1.807, 2.05) is 0 Å². The Hall–Kier alpha value is -0.900. The van der Waals surface area contributed by atoms with Gasteiger partial charge in [-0.1, -0.05) is 34.1 Å². The quantitative estimate of drug-likeness (QED) is 0.875. The van der Waals surface area contributed by atoms with Gasteiger partial charge in [-0.15, -0.1) is 0 Å². The van der Waals surface area contributed by atoms with Gasteiger partial charge in [-0.3, -0.25) is 4.68 Å². The van der Waals surface area contributed by atoms with Crippen molar-refractivity contribution in [1.82, 2.24) is 20.1 Å². The maximum absolute atomic E-state index is 4.51. The summed E-state index contributed by atoms with van der Waals surface area (Å²) in [6.07, 6.45) is 7.81. The summed E-state index contributed by atoms with van der Waals surface area (Å²) in [6, 6.07) is 0.631. The SMILES string of the molecule is CCCn1ncnc1CC(C)(C)C1CCC(C)CC1NC. The molecule has 0 saturated heterocycles. The molecule has 1 fully saturated rings. The minimum atomic E-state index is 0.256. The Labute approximate surface area is 129 Å². The third-order valence-corrected chi connectivity index (χ3v) is 5.23. The van der Waals surface area contributed by atoms with Crippen LogP contribution >= 0.6 is 0 Å². The molecule has 0 aromatic carbocycles. The van der Waals surface area contributed by atoms with E-state index in [0.717, 1.165) is 31.1 Å². The summed E-state index contributed by atoms with van der Waals surface area (Å²) in [6.45, 7) is 10.4. The predicted molar refractivity (Wildman–Crippen MR) is 87.2 cm³/mol. The van der Waals surface area contributed by atoms with Crippen LogP contribution in [0.2, 0.25) is 0 Å². The molecule has 0 radical (unpaired) electrons. The van der Waals surface area contributed by atoms with Crippen molar-refractivity contribution in [2.24, 2.45) is 17.3 Å². The van der Waals surface area contributed by atoms with E-state index < -0.39 is 0 Å². The Morgan fingerprint density at radius 1 is 1.38 bits per heavy atom. The maximum atomic E-state index is 4.51. The highest BCUT2D eigenvalue weighted by atomic mass is 15.3. The Balaban J connectivity index is 2.11. The highest BCUT2D eigenvalue weighted by molar-refractivity contribution is 4.98. The second kappa shape index (κ2) is 6.91. The fraction of sp³-hybridized carbons (Fsp3) is 0.882. The Morgan fingerprint density at radius 3 is 2.81 bits per heavy atom. The molecule has 3 atom stereocenters. The third kappa shape index (κ3) is 3.85. The second-order valence-electron chi connectivity index (χ2n) is 7.48. The lowest BCUT2D eigenvalue weighted by Crippen LogP contribution is -2.46. The van der Waals surface area contributed by atoms with Gasteiger partial charge in [0.15, 0.2) is 0 Å². The summed E-state index contributed by atoms with van der Waals surface area (Å²) in [4.78, 5) is 4.51. The van der Waals surface area contributed by atoms with Gasteiger partial charge < -0.3 is 5.32 Å². The number of hydrogen-bond acceptors (Lipinski definition) is 3. The van der Waals surface area contributed by atoms with Crippen LogP contribution < -0.4 is 5.32 Å². The molecule has 0 spiro atoms. The Bertz CT molecular complexity index is 438. The maximum Gasteiger partial charge on any atom is 0.138 e. The number of aromatic nitrogens is 3. The van der Waals surface area contributed by atoms with E-state index in [1.165, 1.54) is 19.3 Å². The molecule has 1 aliphatic rings. The number of nitrogens with zero attached hydrogens (tertiary/aromatic N) is 3. The Kier molecular flexibility index (Phi) is 5.42. The molecular weight excluding hydrogens is 260 g/mol. The molecule has 4 heteroatoms. The zero-order valence-electron chi connectivity index (χ0n) is 14.4. The van der Waals surface area contributed by atoms with Crippen molar-refractivity contribution in [1.29, 1.82) is 0 Å². The molecule has 1 heterocycles. The molecule has 1 aromatic rings. The summed E-state index contributed by atoms with van der Waals surface area (Å²) < 4.78 is 2.08. The van der Waals surface area contributed by atoms with Gasteiger partial charge >= 0.3 is 0 Å². The second-order valence-corrected chi connectivity index (χ2v) is 7.48. The molecule has 0 aliphatic heterocycles. The van der Waals surface area contributed by atoms with E-state index in [1.54, 1.807) is 6.33 Å². The molecular formula is C17H32N4. The number of hydrogen-bond donors (Lipinski definition) is 1. The van der Waals surface area contributed by atoms with Crippen LogP contribution in [0.3, 0.4) is 0 Å². The van der Waals surface area contributed by atoms with E-state index in [-0.39, 0.29) is 5.41 Å². The standard InChI is InChI=1S/C17H32N4/c1-6-9-21-16(19-12-20-21)11-17(3,4)14-8-7-13(2)10-15(14)18-5/h12-15,18H,6-11H2,1-5H3. The van der Waals surface area contributed by atoms with Gasteiger partial charge in [-0.2, -0.15) is 5.10 Å². The number of nitrogens with one attached hydrogen (secondary N) is 1. The molecule has 3 unspecified atom stereocenters. The minimum Gasteiger partial charge on any atom is -0.317 e. The van der Waals surface area contributed by atoms with Gasteiger partial charge in [0, 0.05) is 19.0 Å². The molecule has 120 valence electrons. The van der Waals surface area contributed by atoms with Crippen LogP contribution in [0.15, 0.2) is 6.33 Å². The van der Waals surface area contributed by atoms with Crippen molar-refractivity contribution < 1.29 is 0 Å². The van der Waals surface area contributed by atoms with E-state index in [4.69, 9.17) is 0 Å². The van der Waals surface area contributed by atoms with Crippen LogP contribution in [0.5, 0.6) is 0 Å². The summed E-state index contributed by atoms with van der Waals surface area (Å²) in [5.74, 6) is 2.71. The third-order valence-electron chi connectivity index (χ3n) is 5.23. The van der Waals surface area contributed by atoms with E-state index in [9.17, 15) is 0 Å². The molecule has 1 aliphatic carbocycles. The van der Waals surface area contributed by atoms with Gasteiger partial charge in [0.25, 0.3) is 0 Å². The van der Waals surface area contributed by atoms with Crippen LogP contribution in [0.25, 0.3) is 0 Å². The largest absolute Gasteiger partial charge is 0.317 e. The van der Waals surface area contributed by atoms with E-state index in [0.29, 0.717) is 12.0 Å². The molecule has 21 heavy (non-hydrogen) atoms. The number of rotatable bonds is 6. The highest BCUT2D eigenvalue weighted by Gasteiger charge is 2.39. The normalized spacial score (nSPS) is 27.0. The van der Waals surface area contributed by atoms with Crippen molar-refractivity contribution >= 4 is 0 Å². The first-order chi connectivity index (χ1) is 9.97. The lowest BCUT2D eigenvalue weighted by Gasteiger charge is -2.44. The molecule has 0 amide bonds. The minimum absolute atomic E-state index is 0.256. The van der Waals surface area contributed by atoms with E-state index >= 15 is 0 Å². The van der Waals surface area contributed by atoms with E-state index in [2.05, 4.69) is 54.8 Å². The highest BCUT2D eigenvalue weighted by Crippen LogP contribution is 2.42. The van der Waals surface area contributed by atoms with Crippen LogP contribution in [0.4, 0.5) is 0 Å². The Morgan fingerprint density at radius 2 is 2.14 bits per heavy atom. The van der Waals surface area contributed by atoms with Crippen LogP contribution in [-0.4, -0.2) is 27.9 Å². The van der Waals surface area contributed by atoms with Crippen LogP contribution in [0.1, 0.15) is 59.2 Å². The van der Waals surface area contributed by atoms with Crippen molar-refractivity contribution in [2.75, 3.05) is 7.05 Å². The van der Waals surface area contributed by atoms with Gasteiger partial charge in [0.1, 0.15) is 12.2 Å². The molecule has 1 saturated carbocycles. The fourth-order valence-electron chi connectivity index (χ4n) is 4.00. The fourth-order valence-corrected chi connectivity index (χ4v) is 4.00. The molecule has 4 nitrogen and oxygen atoms in total. The lowest BCUT2D eigenvalue weighted by atomic mass is 9.65. The van der Waals surface area contributed by atoms with Crippen molar-refractivity contribution in [3.05, 3.63) is 12.2 Å². The van der Waals surface area contributed by atoms with Gasteiger partial charge in [0.2, 0.25) is 0 Å². The van der Waals surface area contributed by atoms with Gasteiger partial charge in [-0.05, 0) is 43.6 Å². The summed E-state index contributed by atoms with van der Waals surface area (Å²) in [5, 5.41) is 7.94. The zero-order chi connectivity index (χ0) is 15.5. The smallest absolute Gasteiger partial charge is 0.138 e. The van der Waals surface area contributed by atoms with Gasteiger partial charge in [0.05, 0.1) is 0 Å².